The van der Waals surface area contributed by atoms with Crippen LogP contribution in [-0.4, -0.2) is 49.4 Å². The highest BCUT2D eigenvalue weighted by molar-refractivity contribution is 9.10. The van der Waals surface area contributed by atoms with E-state index in [1.807, 2.05) is 19.2 Å². The molecule has 0 bridgehead atoms. The van der Waals surface area contributed by atoms with Crippen molar-refractivity contribution < 1.29 is 9.84 Å². The Morgan fingerprint density at radius 2 is 2.39 bits per heavy atom. The molecule has 18 heavy (non-hydrogen) atoms. The molecule has 2 N–H and O–H groups in total. The second-order valence-corrected chi connectivity index (χ2v) is 5.58. The number of nitrogens with zero attached hydrogens (tertiary/aromatic N) is 1. The van der Waals surface area contributed by atoms with E-state index in [1.54, 1.807) is 6.07 Å². The number of phenols is 1. The van der Waals surface area contributed by atoms with E-state index in [-0.39, 0.29) is 6.10 Å². The van der Waals surface area contributed by atoms with Crippen molar-refractivity contribution in [3.05, 3.63) is 28.2 Å². The van der Waals surface area contributed by atoms with Gasteiger partial charge in [0.2, 0.25) is 0 Å². The summed E-state index contributed by atoms with van der Waals surface area (Å²) in [5.74, 6) is 0.340. The Balaban J connectivity index is 1.89. The van der Waals surface area contributed by atoms with Gasteiger partial charge in [-0.15, -0.1) is 0 Å². The number of nitrogens with one attached hydrogen (secondary N) is 1. The van der Waals surface area contributed by atoms with Crippen LogP contribution in [0.1, 0.15) is 5.56 Å². The van der Waals surface area contributed by atoms with Gasteiger partial charge < -0.3 is 15.2 Å². The molecule has 1 aliphatic rings. The third-order valence-corrected chi connectivity index (χ3v) is 3.49. The summed E-state index contributed by atoms with van der Waals surface area (Å²) in [7, 11) is 2.04. The van der Waals surface area contributed by atoms with Crippen LogP contribution in [0.3, 0.4) is 0 Å². The first-order valence-electron chi connectivity index (χ1n) is 6.13. The summed E-state index contributed by atoms with van der Waals surface area (Å²) in [5, 5.41) is 13.1. The molecular weight excluding hydrogens is 296 g/mol. The lowest BCUT2D eigenvalue weighted by atomic mass is 10.2. The van der Waals surface area contributed by atoms with Gasteiger partial charge >= 0.3 is 0 Å². The number of hydrogen-bond donors (Lipinski definition) is 2. The van der Waals surface area contributed by atoms with Crippen molar-refractivity contribution in [2.45, 2.75) is 12.6 Å². The van der Waals surface area contributed by atoms with Gasteiger partial charge in [0.05, 0.1) is 12.7 Å². The molecule has 2 rings (SSSR count). The molecule has 100 valence electrons. The van der Waals surface area contributed by atoms with Crippen molar-refractivity contribution in [2.75, 3.05) is 33.3 Å². The number of phenolic OH excluding ortho intramolecular Hbond substituents is 1. The summed E-state index contributed by atoms with van der Waals surface area (Å²) < 4.78 is 6.65. The molecule has 1 atom stereocenters. The summed E-state index contributed by atoms with van der Waals surface area (Å²) in [5.41, 5.74) is 0.927. The number of likely N-dealkylation sites (N-methyl/N-ethyl adjacent to an activating group) is 1. The first kappa shape index (κ1) is 13.8. The van der Waals surface area contributed by atoms with Gasteiger partial charge in [0.25, 0.3) is 0 Å². The molecule has 0 amide bonds. The first-order valence-corrected chi connectivity index (χ1v) is 6.92. The fraction of sp³-hybridized carbons (Fsp3) is 0.538. The zero-order valence-electron chi connectivity index (χ0n) is 10.5. The molecule has 0 aromatic heterocycles. The fourth-order valence-corrected chi connectivity index (χ4v) is 2.53. The molecule has 0 saturated carbocycles. The second kappa shape index (κ2) is 6.52. The van der Waals surface area contributed by atoms with Gasteiger partial charge in [0.1, 0.15) is 5.75 Å². The van der Waals surface area contributed by atoms with Crippen molar-refractivity contribution in [3.63, 3.8) is 0 Å². The van der Waals surface area contributed by atoms with Crippen LogP contribution in [-0.2, 0) is 11.3 Å². The maximum Gasteiger partial charge on any atom is 0.120 e. The van der Waals surface area contributed by atoms with Crippen LogP contribution < -0.4 is 5.32 Å². The number of hydrogen-bond acceptors (Lipinski definition) is 4. The summed E-state index contributed by atoms with van der Waals surface area (Å²) in [6.45, 7) is 4.19. The predicted octanol–water partition coefficient (Wildman–Crippen LogP) is 1.57. The largest absolute Gasteiger partial charge is 0.508 e. The van der Waals surface area contributed by atoms with Crippen LogP contribution in [0.5, 0.6) is 5.75 Å². The van der Waals surface area contributed by atoms with E-state index < -0.39 is 0 Å². The Labute approximate surface area is 116 Å². The Bertz CT molecular complexity index is 395. The molecule has 0 spiro atoms. The molecule has 1 aliphatic heterocycles. The van der Waals surface area contributed by atoms with Gasteiger partial charge in [-0.25, -0.2) is 0 Å². The van der Waals surface area contributed by atoms with Crippen molar-refractivity contribution in [1.82, 2.24) is 10.2 Å². The molecule has 5 heteroatoms. The Hall–Kier alpha value is -0.620. The van der Waals surface area contributed by atoms with Crippen LogP contribution in [0.4, 0.5) is 0 Å². The van der Waals surface area contributed by atoms with Gasteiger partial charge in [-0.2, -0.15) is 0 Å². The quantitative estimate of drug-likeness (QED) is 0.885. The van der Waals surface area contributed by atoms with E-state index in [9.17, 15) is 5.11 Å². The smallest absolute Gasteiger partial charge is 0.120 e. The Kier molecular flexibility index (Phi) is 5.00. The van der Waals surface area contributed by atoms with Crippen LogP contribution in [0.15, 0.2) is 22.7 Å². The first-order chi connectivity index (χ1) is 8.65. The van der Waals surface area contributed by atoms with Crippen molar-refractivity contribution in [2.24, 2.45) is 0 Å². The lowest BCUT2D eigenvalue weighted by Crippen LogP contribution is -2.44. The molecule has 1 saturated heterocycles. The van der Waals surface area contributed by atoms with Gasteiger partial charge in [-0.05, 0) is 25.2 Å². The number of aromatic hydroxyl groups is 1. The normalized spacial score (nSPS) is 20.3. The molecule has 1 fully saturated rings. The third-order valence-electron chi connectivity index (χ3n) is 3.00. The maximum absolute atomic E-state index is 9.80. The summed E-state index contributed by atoms with van der Waals surface area (Å²) in [4.78, 5) is 2.17. The minimum absolute atomic E-state index is 0.234. The maximum atomic E-state index is 9.80. The minimum Gasteiger partial charge on any atom is -0.508 e. The Morgan fingerprint density at radius 1 is 1.56 bits per heavy atom. The molecule has 1 aromatic carbocycles. The fourth-order valence-electron chi connectivity index (χ4n) is 2.12. The van der Waals surface area contributed by atoms with Gasteiger partial charge in [0.15, 0.2) is 0 Å². The number of morpholine rings is 1. The van der Waals surface area contributed by atoms with Gasteiger partial charge in [-0.3, -0.25) is 4.90 Å². The van der Waals surface area contributed by atoms with Crippen molar-refractivity contribution in [1.29, 1.82) is 0 Å². The lowest BCUT2D eigenvalue weighted by molar-refractivity contribution is 0.00875. The molecular formula is C13H19BrN2O2. The zero-order valence-corrected chi connectivity index (χ0v) is 12.1. The highest BCUT2D eigenvalue weighted by Crippen LogP contribution is 2.23. The van der Waals surface area contributed by atoms with Gasteiger partial charge in [0, 0.05) is 36.2 Å². The average molecular weight is 315 g/mol. The number of ether oxygens (including phenoxy) is 1. The molecule has 1 heterocycles. The van der Waals surface area contributed by atoms with Crippen LogP contribution in [0.2, 0.25) is 0 Å². The molecule has 0 aliphatic carbocycles. The van der Waals surface area contributed by atoms with E-state index in [1.165, 1.54) is 0 Å². The minimum atomic E-state index is 0.234. The summed E-state index contributed by atoms with van der Waals surface area (Å²) >= 11 is 3.42. The van der Waals surface area contributed by atoms with Crippen LogP contribution in [0, 0.1) is 0 Å². The highest BCUT2D eigenvalue weighted by atomic mass is 79.9. The standard InChI is InChI=1S/C13H19BrN2O2/c1-16(9-12-7-15-4-5-18-12)8-10-6-11(14)2-3-13(10)17/h2-3,6,12,15,17H,4-5,7-9H2,1H3. The van der Waals surface area contributed by atoms with E-state index >= 15 is 0 Å². The topological polar surface area (TPSA) is 44.7 Å². The van der Waals surface area contributed by atoms with Crippen LogP contribution >= 0.6 is 15.9 Å². The lowest BCUT2D eigenvalue weighted by Gasteiger charge is -2.28. The van der Waals surface area contributed by atoms with Gasteiger partial charge in [-0.1, -0.05) is 15.9 Å². The van der Waals surface area contributed by atoms with E-state index in [0.29, 0.717) is 12.3 Å². The number of halogens is 1. The van der Waals surface area contributed by atoms with E-state index in [4.69, 9.17) is 4.74 Å². The van der Waals surface area contributed by atoms with E-state index in [2.05, 4.69) is 26.1 Å². The predicted molar refractivity (Wildman–Crippen MR) is 74.8 cm³/mol. The molecule has 1 unspecified atom stereocenters. The summed E-state index contributed by atoms with van der Waals surface area (Å²) in [6.07, 6.45) is 0.234. The summed E-state index contributed by atoms with van der Waals surface area (Å²) in [6, 6.07) is 5.50. The molecule has 0 radical (unpaired) electrons. The molecule has 1 aromatic rings. The second-order valence-electron chi connectivity index (χ2n) is 4.67. The average Bonchev–Trinajstić information content (AvgIpc) is 2.35. The number of rotatable bonds is 4. The van der Waals surface area contributed by atoms with Crippen LogP contribution in [0.25, 0.3) is 0 Å². The third kappa shape index (κ3) is 3.95. The van der Waals surface area contributed by atoms with Crippen molar-refractivity contribution in [3.8, 4) is 5.75 Å². The number of benzene rings is 1. The molecule has 4 nitrogen and oxygen atoms in total. The Morgan fingerprint density at radius 3 is 3.11 bits per heavy atom. The SMILES string of the molecule is CN(Cc1cc(Br)ccc1O)CC1CNCCO1. The highest BCUT2D eigenvalue weighted by Gasteiger charge is 2.16. The van der Waals surface area contributed by atoms with Crippen molar-refractivity contribution >= 4 is 15.9 Å². The zero-order chi connectivity index (χ0) is 13.0. The monoisotopic (exact) mass is 314 g/mol. The van der Waals surface area contributed by atoms with E-state index in [0.717, 1.165) is 36.3 Å².